The molecule has 0 amide bonds. The van der Waals surface area contributed by atoms with Gasteiger partial charge in [0.05, 0.1) is 16.1 Å². The Bertz CT molecular complexity index is 283. The molecule has 2 N–H and O–H groups in total. The smallest absolute Gasteiger partial charge is 0.0618 e. The third-order valence-corrected chi connectivity index (χ3v) is 25.7. The van der Waals surface area contributed by atoms with E-state index in [1.165, 1.54) is 6.42 Å². The van der Waals surface area contributed by atoms with Crippen LogP contribution in [0.25, 0.3) is 0 Å². The fourth-order valence-electron chi connectivity index (χ4n) is 7.51. The van der Waals surface area contributed by atoms with Crippen LogP contribution in [-0.4, -0.2) is 22.7 Å². The summed E-state index contributed by atoms with van der Waals surface area (Å²) in [5.41, 5.74) is 11.3. The maximum atomic E-state index is 6.27. The molecule has 0 aromatic carbocycles. The summed E-state index contributed by atoms with van der Waals surface area (Å²) in [7, 11) is -3.04. The molecular formula is C21H49NSi2. The molecule has 0 saturated carbocycles. The molecule has 0 atom stereocenters. The van der Waals surface area contributed by atoms with Crippen molar-refractivity contribution in [2.24, 2.45) is 5.73 Å². The fraction of sp³-hybridized carbons (Fsp3) is 1.00. The van der Waals surface area contributed by atoms with E-state index in [1.807, 2.05) is 0 Å². The lowest BCUT2D eigenvalue weighted by Crippen LogP contribution is -2.63. The van der Waals surface area contributed by atoms with Crippen LogP contribution >= 0.6 is 0 Å². The summed E-state index contributed by atoms with van der Waals surface area (Å²) in [4.78, 5) is 0. The van der Waals surface area contributed by atoms with Gasteiger partial charge in [-0.3, -0.25) is 0 Å². The minimum atomic E-state index is -1.52. The first kappa shape index (κ1) is 24.4. The molecule has 3 heteroatoms. The molecular weight excluding hydrogens is 322 g/mol. The standard InChI is InChI=1S/C21H49NSi2/c1-15(2)23(16(3)4,17(5)6)21(13-14-22)24(18(7)8,19(9)10)20(11)12/h15-21H,13-14,22H2,1-12H3. The van der Waals surface area contributed by atoms with Crippen molar-refractivity contribution in [1.82, 2.24) is 0 Å². The molecule has 0 spiro atoms. The Morgan fingerprint density at radius 1 is 0.500 bits per heavy atom. The van der Waals surface area contributed by atoms with Crippen molar-refractivity contribution in [3.05, 3.63) is 0 Å². The number of hydrogen-bond acceptors (Lipinski definition) is 1. The topological polar surface area (TPSA) is 26.0 Å². The first-order chi connectivity index (χ1) is 10.9. The molecule has 0 aliphatic rings. The van der Waals surface area contributed by atoms with Crippen molar-refractivity contribution in [1.29, 1.82) is 0 Å². The van der Waals surface area contributed by atoms with Crippen molar-refractivity contribution >= 4 is 16.1 Å². The van der Waals surface area contributed by atoms with E-state index in [0.717, 1.165) is 45.0 Å². The van der Waals surface area contributed by atoms with Crippen LogP contribution in [0.5, 0.6) is 0 Å². The van der Waals surface area contributed by atoms with Gasteiger partial charge in [0.15, 0.2) is 0 Å². The molecule has 0 saturated heterocycles. The molecule has 0 aliphatic heterocycles. The predicted molar refractivity (Wildman–Crippen MR) is 120 cm³/mol. The molecule has 0 aromatic rings. The second-order valence-electron chi connectivity index (χ2n) is 10.1. The van der Waals surface area contributed by atoms with Gasteiger partial charge in [0, 0.05) is 0 Å². The normalized spacial score (nSPS) is 14.5. The molecule has 0 bridgehead atoms. The highest BCUT2D eigenvalue weighted by molar-refractivity contribution is 7.02. The molecule has 24 heavy (non-hydrogen) atoms. The van der Waals surface area contributed by atoms with E-state index in [0.29, 0.717) is 0 Å². The zero-order valence-electron chi connectivity index (χ0n) is 19.0. The Balaban J connectivity index is 6.79. The van der Waals surface area contributed by atoms with E-state index in [-0.39, 0.29) is 0 Å². The quantitative estimate of drug-likeness (QED) is 0.393. The second-order valence-corrected chi connectivity index (χ2v) is 23.0. The predicted octanol–water partition coefficient (Wildman–Crippen LogP) is 7.60. The SMILES string of the molecule is CC(C)[Si](C(C)C)(C(C)C)C(CCN)[Si](C(C)C)(C(C)C)C(C)C. The summed E-state index contributed by atoms with van der Waals surface area (Å²) in [6.45, 7) is 31.3. The molecule has 0 aliphatic carbocycles. The van der Waals surface area contributed by atoms with Gasteiger partial charge in [0.25, 0.3) is 0 Å². The van der Waals surface area contributed by atoms with Gasteiger partial charge in [-0.1, -0.05) is 116 Å². The maximum absolute atomic E-state index is 6.27. The van der Waals surface area contributed by atoms with Gasteiger partial charge in [-0.2, -0.15) is 0 Å². The Kier molecular flexibility index (Phi) is 9.52. The summed E-state index contributed by atoms with van der Waals surface area (Å²) in [5.74, 6) is 0. The monoisotopic (exact) mass is 371 g/mol. The first-order valence-electron chi connectivity index (χ1n) is 10.6. The van der Waals surface area contributed by atoms with Crippen LogP contribution < -0.4 is 5.73 Å². The van der Waals surface area contributed by atoms with Crippen molar-refractivity contribution in [3.63, 3.8) is 0 Å². The van der Waals surface area contributed by atoms with Crippen LogP contribution in [0.2, 0.25) is 38.4 Å². The Labute approximate surface area is 156 Å². The molecule has 0 radical (unpaired) electrons. The highest BCUT2D eigenvalue weighted by atomic mass is 28.4. The van der Waals surface area contributed by atoms with Gasteiger partial charge in [-0.15, -0.1) is 0 Å². The lowest BCUT2D eigenvalue weighted by Gasteiger charge is -2.60. The number of hydrogen-bond donors (Lipinski definition) is 1. The van der Waals surface area contributed by atoms with Crippen molar-refractivity contribution < 1.29 is 0 Å². The van der Waals surface area contributed by atoms with Gasteiger partial charge in [-0.25, -0.2) is 0 Å². The van der Waals surface area contributed by atoms with Gasteiger partial charge in [0.1, 0.15) is 0 Å². The van der Waals surface area contributed by atoms with E-state index in [4.69, 9.17) is 5.73 Å². The Hall–Kier alpha value is 0.394. The fourth-order valence-corrected chi connectivity index (χ4v) is 31.1. The van der Waals surface area contributed by atoms with Crippen LogP contribution in [0, 0.1) is 0 Å². The van der Waals surface area contributed by atoms with Crippen molar-refractivity contribution in [2.45, 2.75) is 128 Å². The van der Waals surface area contributed by atoms with E-state index >= 15 is 0 Å². The van der Waals surface area contributed by atoms with Crippen LogP contribution in [0.3, 0.4) is 0 Å². The minimum Gasteiger partial charge on any atom is -0.330 e. The van der Waals surface area contributed by atoms with Gasteiger partial charge >= 0.3 is 0 Å². The van der Waals surface area contributed by atoms with Gasteiger partial charge < -0.3 is 5.73 Å². The summed E-state index contributed by atoms with van der Waals surface area (Å²) in [6.07, 6.45) is 1.27. The Morgan fingerprint density at radius 3 is 0.833 bits per heavy atom. The van der Waals surface area contributed by atoms with E-state index < -0.39 is 16.1 Å². The summed E-state index contributed by atoms with van der Waals surface area (Å²) < 4.78 is 0. The van der Waals surface area contributed by atoms with Gasteiger partial charge in [-0.05, 0) is 18.1 Å². The third-order valence-electron chi connectivity index (χ3n) is 7.66. The zero-order valence-corrected chi connectivity index (χ0v) is 21.0. The average molecular weight is 372 g/mol. The molecule has 0 rings (SSSR count). The lowest BCUT2D eigenvalue weighted by molar-refractivity contribution is 0.684. The summed E-state index contributed by atoms with van der Waals surface area (Å²) in [5, 5.41) is 0.926. The van der Waals surface area contributed by atoms with E-state index in [1.54, 1.807) is 0 Å². The van der Waals surface area contributed by atoms with Crippen LogP contribution in [0.4, 0.5) is 0 Å². The van der Waals surface area contributed by atoms with Crippen LogP contribution in [0.15, 0.2) is 0 Å². The van der Waals surface area contributed by atoms with E-state index in [9.17, 15) is 0 Å². The molecule has 146 valence electrons. The molecule has 0 aromatic heterocycles. The largest absolute Gasteiger partial charge is 0.330 e. The van der Waals surface area contributed by atoms with Gasteiger partial charge in [0.2, 0.25) is 0 Å². The number of rotatable bonds is 10. The average Bonchev–Trinajstić information content (AvgIpc) is 2.37. The number of nitrogens with two attached hydrogens (primary N) is 1. The molecule has 0 fully saturated rings. The highest BCUT2D eigenvalue weighted by Crippen LogP contribution is 2.61. The van der Waals surface area contributed by atoms with Crippen molar-refractivity contribution in [2.75, 3.05) is 6.54 Å². The van der Waals surface area contributed by atoms with E-state index in [2.05, 4.69) is 83.1 Å². The maximum Gasteiger partial charge on any atom is 0.0618 e. The highest BCUT2D eigenvalue weighted by Gasteiger charge is 2.59. The molecule has 0 heterocycles. The minimum absolute atomic E-state index is 0.831. The second kappa shape index (κ2) is 9.36. The summed E-state index contributed by atoms with van der Waals surface area (Å²) >= 11 is 0. The van der Waals surface area contributed by atoms with Crippen LogP contribution in [-0.2, 0) is 0 Å². The first-order valence-corrected chi connectivity index (χ1v) is 15.2. The zero-order chi connectivity index (χ0) is 19.5. The molecule has 1 nitrogen and oxygen atoms in total. The van der Waals surface area contributed by atoms with Crippen molar-refractivity contribution in [3.8, 4) is 0 Å². The van der Waals surface area contributed by atoms with Crippen LogP contribution in [0.1, 0.15) is 89.5 Å². The lowest BCUT2D eigenvalue weighted by atomic mass is 10.4. The molecule has 0 unspecified atom stereocenters. The summed E-state index contributed by atoms with van der Waals surface area (Å²) in [6, 6.07) is 0. The third kappa shape index (κ3) is 3.88. The Morgan fingerprint density at radius 2 is 0.708 bits per heavy atom.